The summed E-state index contributed by atoms with van der Waals surface area (Å²) in [4.78, 5) is 28.1. The number of carbonyl (C=O) groups excluding carboxylic acids is 2. The first-order valence-corrected chi connectivity index (χ1v) is 7.92. The van der Waals surface area contributed by atoms with Crippen LogP contribution in [0.5, 0.6) is 0 Å². The molecule has 0 spiro atoms. The van der Waals surface area contributed by atoms with Crippen LogP contribution in [0.15, 0.2) is 47.1 Å². The van der Waals surface area contributed by atoms with Crippen molar-refractivity contribution in [2.45, 2.75) is 12.5 Å². The summed E-state index contributed by atoms with van der Waals surface area (Å²) < 4.78 is 5.56. The second-order valence-electron chi connectivity index (χ2n) is 4.70. The lowest BCUT2D eigenvalue weighted by atomic mass is 10.1. The van der Waals surface area contributed by atoms with Crippen molar-refractivity contribution in [3.8, 4) is 0 Å². The van der Waals surface area contributed by atoms with Gasteiger partial charge in [-0.2, -0.15) is 0 Å². The van der Waals surface area contributed by atoms with Crippen LogP contribution < -0.4 is 5.32 Å². The quantitative estimate of drug-likeness (QED) is 0.788. The Kier molecular flexibility index (Phi) is 6.12. The first-order chi connectivity index (χ1) is 11.0. The van der Waals surface area contributed by atoms with Crippen LogP contribution in [0.1, 0.15) is 16.1 Å². The van der Waals surface area contributed by atoms with Crippen molar-refractivity contribution in [3.05, 3.63) is 63.3 Å². The van der Waals surface area contributed by atoms with Crippen molar-refractivity contribution < 1.29 is 14.3 Å². The number of hydrogen-bond acceptors (Lipinski definition) is 4. The number of rotatable bonds is 5. The van der Waals surface area contributed by atoms with Crippen LogP contribution in [0.25, 0.3) is 0 Å². The molecule has 0 aliphatic rings. The maximum atomic E-state index is 12.2. The van der Waals surface area contributed by atoms with E-state index < -0.39 is 17.9 Å². The van der Waals surface area contributed by atoms with E-state index >= 15 is 0 Å². The number of methoxy groups -OCH3 is 1. The SMILES string of the molecule is COC(=O)[C@@H](Cc1cc(Cl)ccc1Br)NC(=O)c1ccccn1. The summed E-state index contributed by atoms with van der Waals surface area (Å²) in [6.07, 6.45) is 1.75. The number of nitrogens with zero attached hydrogens (tertiary/aromatic N) is 1. The van der Waals surface area contributed by atoms with E-state index in [2.05, 4.69) is 26.2 Å². The van der Waals surface area contributed by atoms with Crippen LogP contribution >= 0.6 is 27.5 Å². The van der Waals surface area contributed by atoms with Gasteiger partial charge in [-0.1, -0.05) is 33.6 Å². The average Bonchev–Trinajstić information content (AvgIpc) is 2.57. The molecule has 1 amide bonds. The van der Waals surface area contributed by atoms with Gasteiger partial charge in [0.2, 0.25) is 0 Å². The van der Waals surface area contributed by atoms with Gasteiger partial charge in [0.25, 0.3) is 5.91 Å². The Morgan fingerprint density at radius 1 is 1.35 bits per heavy atom. The van der Waals surface area contributed by atoms with Crippen LogP contribution in [0.3, 0.4) is 0 Å². The predicted octanol–water partition coefficient (Wildman–Crippen LogP) is 3.01. The maximum Gasteiger partial charge on any atom is 0.328 e. The Hall–Kier alpha value is -1.92. The standard InChI is InChI=1S/C16H14BrClN2O3/c1-23-16(22)14(9-10-8-11(18)5-6-12(10)17)20-15(21)13-4-2-3-7-19-13/h2-8,14H,9H2,1H3,(H,20,21)/t14-/m1/s1. The molecule has 120 valence electrons. The molecular formula is C16H14BrClN2O3. The highest BCUT2D eigenvalue weighted by atomic mass is 79.9. The van der Waals surface area contributed by atoms with Crippen LogP contribution in [0, 0.1) is 0 Å². The number of carbonyl (C=O) groups is 2. The minimum Gasteiger partial charge on any atom is -0.467 e. The van der Waals surface area contributed by atoms with Gasteiger partial charge in [-0.05, 0) is 35.9 Å². The Morgan fingerprint density at radius 3 is 2.78 bits per heavy atom. The Labute approximate surface area is 147 Å². The van der Waals surface area contributed by atoms with Crippen molar-refractivity contribution in [2.24, 2.45) is 0 Å². The predicted molar refractivity (Wildman–Crippen MR) is 90.4 cm³/mol. The zero-order valence-corrected chi connectivity index (χ0v) is 14.6. The number of aromatic nitrogens is 1. The molecule has 1 heterocycles. The van der Waals surface area contributed by atoms with Gasteiger partial charge in [-0.3, -0.25) is 9.78 Å². The molecule has 0 saturated heterocycles. The van der Waals surface area contributed by atoms with Crippen molar-refractivity contribution in [1.29, 1.82) is 0 Å². The minimum absolute atomic E-state index is 0.228. The summed E-state index contributed by atoms with van der Waals surface area (Å²) in [5.41, 5.74) is 1.01. The second kappa shape index (κ2) is 8.08. The van der Waals surface area contributed by atoms with Crippen molar-refractivity contribution in [3.63, 3.8) is 0 Å². The molecule has 7 heteroatoms. The van der Waals surface area contributed by atoms with Crippen LogP contribution in [-0.2, 0) is 16.0 Å². The summed E-state index contributed by atoms with van der Waals surface area (Å²) in [6.45, 7) is 0. The molecule has 1 aromatic carbocycles. The number of hydrogen-bond donors (Lipinski definition) is 1. The summed E-state index contributed by atoms with van der Waals surface area (Å²) in [7, 11) is 1.27. The fraction of sp³-hybridized carbons (Fsp3) is 0.188. The van der Waals surface area contributed by atoms with Crippen molar-refractivity contribution in [1.82, 2.24) is 10.3 Å². The first kappa shape index (κ1) is 17.4. The molecule has 0 aliphatic carbocycles. The summed E-state index contributed by atoms with van der Waals surface area (Å²) in [6, 6.07) is 9.37. The van der Waals surface area contributed by atoms with Crippen LogP contribution in [-0.4, -0.2) is 30.0 Å². The molecule has 1 atom stereocenters. The molecule has 23 heavy (non-hydrogen) atoms. The molecule has 5 nitrogen and oxygen atoms in total. The van der Waals surface area contributed by atoms with Crippen LogP contribution in [0.4, 0.5) is 0 Å². The van der Waals surface area contributed by atoms with E-state index in [9.17, 15) is 9.59 Å². The van der Waals surface area contributed by atoms with Gasteiger partial charge in [-0.25, -0.2) is 4.79 Å². The second-order valence-corrected chi connectivity index (χ2v) is 5.99. The molecule has 0 unspecified atom stereocenters. The molecule has 2 rings (SSSR count). The first-order valence-electron chi connectivity index (χ1n) is 6.75. The largest absolute Gasteiger partial charge is 0.467 e. The molecule has 1 aromatic heterocycles. The highest BCUT2D eigenvalue weighted by Crippen LogP contribution is 2.22. The smallest absolute Gasteiger partial charge is 0.328 e. The van der Waals surface area contributed by atoms with Gasteiger partial charge in [0.1, 0.15) is 11.7 Å². The molecule has 0 aliphatic heterocycles. The van der Waals surface area contributed by atoms with Crippen molar-refractivity contribution >= 4 is 39.4 Å². The Morgan fingerprint density at radius 2 is 2.13 bits per heavy atom. The lowest BCUT2D eigenvalue weighted by Gasteiger charge is -2.17. The van der Waals surface area contributed by atoms with E-state index in [0.29, 0.717) is 5.02 Å². The highest BCUT2D eigenvalue weighted by Gasteiger charge is 2.24. The third-order valence-corrected chi connectivity index (χ3v) is 4.13. The zero-order chi connectivity index (χ0) is 16.8. The number of ether oxygens (including phenoxy) is 1. The molecular weight excluding hydrogens is 384 g/mol. The third kappa shape index (κ3) is 4.77. The third-order valence-electron chi connectivity index (χ3n) is 3.12. The number of nitrogens with one attached hydrogen (secondary N) is 1. The fourth-order valence-corrected chi connectivity index (χ4v) is 2.59. The van der Waals surface area contributed by atoms with E-state index in [1.165, 1.54) is 13.3 Å². The summed E-state index contributed by atoms with van der Waals surface area (Å²) >= 11 is 9.39. The lowest BCUT2D eigenvalue weighted by Crippen LogP contribution is -2.43. The molecule has 0 bridgehead atoms. The summed E-state index contributed by atoms with van der Waals surface area (Å²) in [5, 5.41) is 3.18. The number of pyridine rings is 1. The minimum atomic E-state index is -0.843. The Bertz CT molecular complexity index is 710. The normalized spacial score (nSPS) is 11.6. The van der Waals surface area contributed by atoms with Gasteiger partial charge in [0.15, 0.2) is 0 Å². The van der Waals surface area contributed by atoms with Crippen LogP contribution in [0.2, 0.25) is 5.02 Å². The van der Waals surface area contributed by atoms with Gasteiger partial charge < -0.3 is 10.1 Å². The van der Waals surface area contributed by atoms with Gasteiger partial charge in [0.05, 0.1) is 7.11 Å². The average molecular weight is 398 g/mol. The van der Waals surface area contributed by atoms with E-state index in [1.807, 2.05) is 0 Å². The molecule has 2 aromatic rings. The topological polar surface area (TPSA) is 68.3 Å². The number of esters is 1. The molecule has 0 fully saturated rings. The van der Waals surface area contributed by atoms with Gasteiger partial charge >= 0.3 is 5.97 Å². The molecule has 1 N–H and O–H groups in total. The molecule has 0 saturated carbocycles. The fourth-order valence-electron chi connectivity index (χ4n) is 1.98. The number of amides is 1. The summed E-state index contributed by atoms with van der Waals surface area (Å²) in [5.74, 6) is -0.986. The monoisotopic (exact) mass is 396 g/mol. The Balaban J connectivity index is 2.19. The van der Waals surface area contributed by atoms with E-state index in [-0.39, 0.29) is 12.1 Å². The highest BCUT2D eigenvalue weighted by molar-refractivity contribution is 9.10. The molecule has 0 radical (unpaired) electrons. The van der Waals surface area contributed by atoms with Gasteiger partial charge in [-0.15, -0.1) is 0 Å². The van der Waals surface area contributed by atoms with E-state index in [0.717, 1.165) is 10.0 Å². The van der Waals surface area contributed by atoms with Crippen molar-refractivity contribution in [2.75, 3.05) is 7.11 Å². The maximum absolute atomic E-state index is 12.2. The van der Waals surface area contributed by atoms with Gasteiger partial charge in [0, 0.05) is 22.1 Å². The van der Waals surface area contributed by atoms with E-state index in [4.69, 9.17) is 16.3 Å². The van der Waals surface area contributed by atoms with E-state index in [1.54, 1.807) is 36.4 Å². The number of halogens is 2. The number of benzene rings is 1. The zero-order valence-electron chi connectivity index (χ0n) is 12.3. The lowest BCUT2D eigenvalue weighted by molar-refractivity contribution is -0.142.